The van der Waals surface area contributed by atoms with Gasteiger partial charge in [0.15, 0.2) is 6.61 Å². The summed E-state index contributed by atoms with van der Waals surface area (Å²) in [4.78, 5) is 10.5. The average molecular weight is 233 g/mol. The Morgan fingerprint density at radius 1 is 1.53 bits per heavy atom. The lowest BCUT2D eigenvalue weighted by Crippen LogP contribution is -2.20. The lowest BCUT2D eigenvalue weighted by Gasteiger charge is -2.10. The summed E-state index contributed by atoms with van der Waals surface area (Å²) in [6.07, 6.45) is 0. The molecule has 0 bridgehead atoms. The molecule has 0 aliphatic carbocycles. The summed E-state index contributed by atoms with van der Waals surface area (Å²) in [5.41, 5.74) is 5.82. The number of hydrogen-bond donors (Lipinski definition) is 2. The molecule has 90 valence electrons. The second kappa shape index (κ2) is 6.51. The molecule has 0 spiro atoms. The number of carbonyl (C=O) groups is 1. The summed E-state index contributed by atoms with van der Waals surface area (Å²) >= 11 is 0. The largest absolute Gasteiger partial charge is 0.484 e. The van der Waals surface area contributed by atoms with Gasteiger partial charge in [-0.15, -0.1) is 0 Å². The standard InChI is InChI=1S/C12H15N3O2/c1-2-15-11(7-13)9-3-5-10(6-4-9)17-8-12(14)16/h3-6,11,15H,2,8H2,1H3,(H2,14,16). The fourth-order valence-electron chi connectivity index (χ4n) is 1.35. The number of primary amides is 1. The molecule has 0 radical (unpaired) electrons. The summed E-state index contributed by atoms with van der Waals surface area (Å²) in [6.45, 7) is 2.51. The molecule has 1 aromatic carbocycles. The van der Waals surface area contributed by atoms with Gasteiger partial charge in [0, 0.05) is 0 Å². The van der Waals surface area contributed by atoms with Crippen molar-refractivity contribution in [3.05, 3.63) is 29.8 Å². The maximum Gasteiger partial charge on any atom is 0.255 e. The summed E-state index contributed by atoms with van der Waals surface area (Å²) < 4.78 is 5.12. The van der Waals surface area contributed by atoms with Crippen LogP contribution >= 0.6 is 0 Å². The van der Waals surface area contributed by atoms with Gasteiger partial charge in [0.2, 0.25) is 0 Å². The number of amides is 1. The van der Waals surface area contributed by atoms with Gasteiger partial charge in [-0.1, -0.05) is 19.1 Å². The Morgan fingerprint density at radius 2 is 2.18 bits per heavy atom. The van der Waals surface area contributed by atoms with E-state index >= 15 is 0 Å². The normalized spacial score (nSPS) is 11.5. The highest BCUT2D eigenvalue weighted by Crippen LogP contribution is 2.17. The highest BCUT2D eigenvalue weighted by Gasteiger charge is 2.08. The van der Waals surface area contributed by atoms with Crippen molar-refractivity contribution in [3.8, 4) is 11.8 Å². The van der Waals surface area contributed by atoms with Gasteiger partial charge < -0.3 is 10.5 Å². The van der Waals surface area contributed by atoms with Crippen LogP contribution < -0.4 is 15.8 Å². The fourth-order valence-corrected chi connectivity index (χ4v) is 1.35. The average Bonchev–Trinajstić information content (AvgIpc) is 2.34. The van der Waals surface area contributed by atoms with Crippen LogP contribution in [0.25, 0.3) is 0 Å². The molecule has 1 aromatic rings. The number of ether oxygens (including phenoxy) is 1. The molecule has 5 nitrogen and oxygen atoms in total. The Morgan fingerprint density at radius 3 is 2.65 bits per heavy atom. The molecular formula is C12H15N3O2. The van der Waals surface area contributed by atoms with Crippen molar-refractivity contribution < 1.29 is 9.53 Å². The smallest absolute Gasteiger partial charge is 0.255 e. The summed E-state index contributed by atoms with van der Waals surface area (Å²) in [5.74, 6) is 0.0392. The van der Waals surface area contributed by atoms with E-state index in [1.165, 1.54) is 0 Å². The van der Waals surface area contributed by atoms with E-state index in [4.69, 9.17) is 15.7 Å². The Hall–Kier alpha value is -2.06. The summed E-state index contributed by atoms with van der Waals surface area (Å²) in [6, 6.07) is 8.82. The third-order valence-corrected chi connectivity index (χ3v) is 2.13. The quantitative estimate of drug-likeness (QED) is 0.758. The Bertz CT molecular complexity index is 409. The number of nitrogens with zero attached hydrogens (tertiary/aromatic N) is 1. The van der Waals surface area contributed by atoms with Gasteiger partial charge in [-0.05, 0) is 24.2 Å². The first kappa shape index (κ1) is 13.0. The fraction of sp³-hybridized carbons (Fsp3) is 0.333. The Balaban J connectivity index is 2.67. The first-order valence-electron chi connectivity index (χ1n) is 5.31. The molecule has 5 heteroatoms. The third-order valence-electron chi connectivity index (χ3n) is 2.13. The maximum absolute atomic E-state index is 10.5. The lowest BCUT2D eigenvalue weighted by atomic mass is 10.1. The highest BCUT2D eigenvalue weighted by atomic mass is 16.5. The molecule has 0 aliphatic rings. The Labute approximate surface area is 100 Å². The van der Waals surface area contributed by atoms with Crippen LogP contribution in [0.15, 0.2) is 24.3 Å². The van der Waals surface area contributed by atoms with Crippen LogP contribution in [-0.4, -0.2) is 19.1 Å². The molecule has 0 aliphatic heterocycles. The molecule has 0 saturated heterocycles. The molecule has 0 fully saturated rings. The zero-order valence-corrected chi connectivity index (χ0v) is 9.64. The van der Waals surface area contributed by atoms with E-state index in [1.54, 1.807) is 24.3 Å². The molecule has 3 N–H and O–H groups in total. The van der Waals surface area contributed by atoms with Gasteiger partial charge in [0.05, 0.1) is 6.07 Å². The number of rotatable bonds is 6. The number of benzene rings is 1. The van der Waals surface area contributed by atoms with Crippen LogP contribution in [0.5, 0.6) is 5.75 Å². The van der Waals surface area contributed by atoms with Gasteiger partial charge in [0.1, 0.15) is 11.8 Å². The molecular weight excluding hydrogens is 218 g/mol. The second-order valence-electron chi connectivity index (χ2n) is 3.44. The molecule has 0 aromatic heterocycles. The van der Waals surface area contributed by atoms with E-state index in [-0.39, 0.29) is 12.6 Å². The van der Waals surface area contributed by atoms with Crippen molar-refractivity contribution in [2.45, 2.75) is 13.0 Å². The van der Waals surface area contributed by atoms with E-state index in [1.807, 2.05) is 6.92 Å². The van der Waals surface area contributed by atoms with Crippen LogP contribution in [0.3, 0.4) is 0 Å². The van der Waals surface area contributed by atoms with Crippen LogP contribution in [0, 0.1) is 11.3 Å². The zero-order chi connectivity index (χ0) is 12.7. The van der Waals surface area contributed by atoms with Crippen LogP contribution in [-0.2, 0) is 4.79 Å². The van der Waals surface area contributed by atoms with E-state index in [0.717, 1.165) is 12.1 Å². The second-order valence-corrected chi connectivity index (χ2v) is 3.44. The van der Waals surface area contributed by atoms with Gasteiger partial charge >= 0.3 is 0 Å². The SMILES string of the molecule is CCNC(C#N)c1ccc(OCC(N)=O)cc1. The molecule has 0 saturated carbocycles. The topological polar surface area (TPSA) is 88.1 Å². The lowest BCUT2D eigenvalue weighted by molar-refractivity contribution is -0.119. The monoisotopic (exact) mass is 233 g/mol. The minimum atomic E-state index is -0.517. The van der Waals surface area contributed by atoms with Crippen LogP contribution in [0.4, 0.5) is 0 Å². The minimum Gasteiger partial charge on any atom is -0.484 e. The Kier molecular flexibility index (Phi) is 4.98. The van der Waals surface area contributed by atoms with Gasteiger partial charge in [-0.3, -0.25) is 10.1 Å². The van der Waals surface area contributed by atoms with E-state index < -0.39 is 5.91 Å². The van der Waals surface area contributed by atoms with Crippen molar-refractivity contribution in [1.82, 2.24) is 5.32 Å². The maximum atomic E-state index is 10.5. The summed E-state index contributed by atoms with van der Waals surface area (Å²) in [5, 5.41) is 12.0. The molecule has 1 unspecified atom stereocenters. The van der Waals surface area contributed by atoms with Gasteiger partial charge in [-0.25, -0.2) is 0 Å². The predicted octanol–water partition coefficient (Wildman–Crippen LogP) is 0.725. The molecule has 1 rings (SSSR count). The molecule has 0 heterocycles. The van der Waals surface area contributed by atoms with Crippen molar-refractivity contribution in [1.29, 1.82) is 5.26 Å². The van der Waals surface area contributed by atoms with Gasteiger partial charge in [-0.2, -0.15) is 5.26 Å². The number of nitriles is 1. The molecule has 17 heavy (non-hydrogen) atoms. The van der Waals surface area contributed by atoms with E-state index in [2.05, 4.69) is 11.4 Å². The first-order valence-corrected chi connectivity index (χ1v) is 5.31. The van der Waals surface area contributed by atoms with E-state index in [9.17, 15) is 4.79 Å². The number of nitrogens with two attached hydrogens (primary N) is 1. The zero-order valence-electron chi connectivity index (χ0n) is 9.64. The highest BCUT2D eigenvalue weighted by molar-refractivity contribution is 5.75. The van der Waals surface area contributed by atoms with Crippen molar-refractivity contribution in [2.24, 2.45) is 5.73 Å². The summed E-state index contributed by atoms with van der Waals surface area (Å²) in [7, 11) is 0. The first-order chi connectivity index (χ1) is 8.17. The van der Waals surface area contributed by atoms with Crippen LogP contribution in [0.2, 0.25) is 0 Å². The van der Waals surface area contributed by atoms with Crippen molar-refractivity contribution in [3.63, 3.8) is 0 Å². The third kappa shape index (κ3) is 4.13. The minimum absolute atomic E-state index is 0.145. The van der Waals surface area contributed by atoms with Crippen molar-refractivity contribution >= 4 is 5.91 Å². The van der Waals surface area contributed by atoms with Crippen molar-refractivity contribution in [2.75, 3.05) is 13.2 Å². The van der Waals surface area contributed by atoms with Crippen LogP contribution in [0.1, 0.15) is 18.5 Å². The molecule has 1 amide bonds. The molecule has 1 atom stereocenters. The predicted molar refractivity (Wildman–Crippen MR) is 63.2 cm³/mol. The van der Waals surface area contributed by atoms with Gasteiger partial charge in [0.25, 0.3) is 5.91 Å². The number of carbonyl (C=O) groups excluding carboxylic acids is 1. The number of hydrogen-bond acceptors (Lipinski definition) is 4. The number of nitrogens with one attached hydrogen (secondary N) is 1. The van der Waals surface area contributed by atoms with E-state index in [0.29, 0.717) is 5.75 Å².